The number of aliphatic hydroxyl groups excluding tert-OH is 1. The zero-order valence-electron chi connectivity index (χ0n) is 10.0. The van der Waals surface area contributed by atoms with E-state index in [0.29, 0.717) is 0 Å². The molecular formula is C11H24O2S. The van der Waals surface area contributed by atoms with E-state index in [1.165, 1.54) is 0 Å². The summed E-state index contributed by atoms with van der Waals surface area (Å²) in [5.74, 6) is 0. The molecule has 0 saturated heterocycles. The molecule has 1 aliphatic rings. The second kappa shape index (κ2) is 4.03. The van der Waals surface area contributed by atoms with E-state index in [9.17, 15) is 5.11 Å². The largest absolute Gasteiger partial charge is 0.393 e. The number of hydrogen-bond acceptors (Lipinski definition) is 2. The van der Waals surface area contributed by atoms with Crippen molar-refractivity contribution < 1.29 is 9.29 Å². The highest BCUT2D eigenvalue weighted by Crippen LogP contribution is 2.55. The highest BCUT2D eigenvalue weighted by atomic mass is 32.3. The number of hydrogen-bond donors (Lipinski definition) is 1. The Bertz CT molecular complexity index is 196. The van der Waals surface area contributed by atoms with Gasteiger partial charge in [-0.15, -0.1) is 10.3 Å². The molecule has 2 nitrogen and oxygen atoms in total. The van der Waals surface area contributed by atoms with Gasteiger partial charge in [0.2, 0.25) is 0 Å². The van der Waals surface area contributed by atoms with Crippen LogP contribution in [0.2, 0.25) is 0 Å². The summed E-state index contributed by atoms with van der Waals surface area (Å²) in [5, 5.41) is 9.43. The van der Waals surface area contributed by atoms with Gasteiger partial charge in [0.1, 0.15) is 0 Å². The molecule has 2 unspecified atom stereocenters. The molecule has 0 amide bonds. The summed E-state index contributed by atoms with van der Waals surface area (Å²) < 4.78 is 6.38. The molecule has 0 bridgehead atoms. The molecular weight excluding hydrogens is 196 g/mol. The number of aliphatic hydroxyl groups is 1. The van der Waals surface area contributed by atoms with Crippen LogP contribution in [0.4, 0.5) is 0 Å². The fourth-order valence-electron chi connectivity index (χ4n) is 1.49. The lowest BCUT2D eigenvalue weighted by Crippen LogP contribution is -2.28. The Morgan fingerprint density at radius 2 is 1.79 bits per heavy atom. The second-order valence-corrected chi connectivity index (χ2v) is 9.41. The van der Waals surface area contributed by atoms with Crippen LogP contribution in [0.5, 0.6) is 0 Å². The molecule has 0 spiro atoms. The maximum Gasteiger partial charge on any atom is 0.0726 e. The standard InChI is InChI=1S/C11H24O2S/c1-11(2,3)14(4,5)13-10-7-6-9(12)8-10/h9-10,12H,6-8H2,1-5H3. The minimum atomic E-state index is -1.02. The van der Waals surface area contributed by atoms with E-state index < -0.39 is 10.3 Å². The average molecular weight is 220 g/mol. The molecule has 2 atom stereocenters. The summed E-state index contributed by atoms with van der Waals surface area (Å²) in [7, 11) is -1.02. The maximum atomic E-state index is 9.43. The van der Waals surface area contributed by atoms with Crippen molar-refractivity contribution in [3.05, 3.63) is 0 Å². The van der Waals surface area contributed by atoms with Crippen molar-refractivity contribution in [1.82, 2.24) is 0 Å². The van der Waals surface area contributed by atoms with Crippen molar-refractivity contribution >= 4 is 10.3 Å². The molecule has 0 heterocycles. The molecule has 0 aromatic heterocycles. The van der Waals surface area contributed by atoms with E-state index in [2.05, 4.69) is 33.3 Å². The van der Waals surface area contributed by atoms with E-state index in [-0.39, 0.29) is 17.0 Å². The Morgan fingerprint density at radius 3 is 2.14 bits per heavy atom. The molecule has 0 radical (unpaired) electrons. The Kier molecular flexibility index (Phi) is 3.55. The van der Waals surface area contributed by atoms with Crippen LogP contribution in [0.15, 0.2) is 0 Å². The second-order valence-electron chi connectivity index (χ2n) is 5.53. The van der Waals surface area contributed by atoms with E-state index >= 15 is 0 Å². The van der Waals surface area contributed by atoms with Crippen molar-refractivity contribution in [2.24, 2.45) is 0 Å². The lowest BCUT2D eigenvalue weighted by Gasteiger charge is -2.45. The molecule has 1 rings (SSSR count). The Labute approximate surface area is 89.6 Å². The first-order valence-corrected chi connectivity index (χ1v) is 7.69. The summed E-state index contributed by atoms with van der Waals surface area (Å²) >= 11 is 0. The van der Waals surface area contributed by atoms with Gasteiger partial charge in [-0.2, -0.15) is 0 Å². The van der Waals surface area contributed by atoms with Gasteiger partial charge in [0.25, 0.3) is 0 Å². The van der Waals surface area contributed by atoms with Crippen molar-refractivity contribution in [3.8, 4) is 0 Å². The van der Waals surface area contributed by atoms with Crippen LogP contribution in [-0.2, 0) is 4.18 Å². The molecule has 1 N–H and O–H groups in total. The first-order valence-electron chi connectivity index (χ1n) is 5.31. The van der Waals surface area contributed by atoms with Gasteiger partial charge >= 0.3 is 0 Å². The van der Waals surface area contributed by atoms with Gasteiger partial charge in [0, 0.05) is 11.2 Å². The monoisotopic (exact) mass is 220 g/mol. The third-order valence-corrected chi connectivity index (χ3v) is 6.91. The summed E-state index contributed by atoms with van der Waals surface area (Å²) in [5.41, 5.74) is 0. The van der Waals surface area contributed by atoms with Gasteiger partial charge in [-0.25, -0.2) is 0 Å². The molecule has 14 heavy (non-hydrogen) atoms. The van der Waals surface area contributed by atoms with Crippen molar-refractivity contribution in [1.29, 1.82) is 0 Å². The van der Waals surface area contributed by atoms with Crippen LogP contribution in [0.1, 0.15) is 40.0 Å². The Hall–Kier alpha value is 0.270. The molecule has 0 aliphatic heterocycles. The van der Waals surface area contributed by atoms with Crippen molar-refractivity contribution in [3.63, 3.8) is 0 Å². The fourth-order valence-corrected chi connectivity index (χ4v) is 2.63. The minimum Gasteiger partial charge on any atom is -0.393 e. The molecule has 0 aromatic rings. The first kappa shape index (κ1) is 12.3. The molecule has 1 fully saturated rings. The summed E-state index contributed by atoms with van der Waals surface area (Å²) in [6, 6.07) is 0. The summed E-state index contributed by atoms with van der Waals surface area (Å²) in [6.45, 7) is 6.69. The quantitative estimate of drug-likeness (QED) is 0.775. The van der Waals surface area contributed by atoms with Crippen LogP contribution in [0.3, 0.4) is 0 Å². The van der Waals surface area contributed by atoms with E-state index in [1.807, 2.05) is 0 Å². The van der Waals surface area contributed by atoms with E-state index in [0.717, 1.165) is 19.3 Å². The summed E-state index contributed by atoms with van der Waals surface area (Å²) in [6.07, 6.45) is 7.35. The van der Waals surface area contributed by atoms with Crippen LogP contribution in [-0.4, -0.2) is 34.6 Å². The smallest absolute Gasteiger partial charge is 0.0726 e. The maximum absolute atomic E-state index is 9.43. The summed E-state index contributed by atoms with van der Waals surface area (Å²) in [4.78, 5) is 0. The van der Waals surface area contributed by atoms with E-state index in [1.54, 1.807) is 0 Å². The molecule has 1 saturated carbocycles. The third kappa shape index (κ3) is 2.88. The predicted octanol–water partition coefficient (Wildman–Crippen LogP) is 2.69. The van der Waals surface area contributed by atoms with Crippen LogP contribution < -0.4 is 0 Å². The normalized spacial score (nSPS) is 30.7. The molecule has 1 aliphatic carbocycles. The van der Waals surface area contributed by atoms with Gasteiger partial charge < -0.3 is 9.29 Å². The fraction of sp³-hybridized carbons (Fsp3) is 1.00. The average Bonchev–Trinajstić information content (AvgIpc) is 2.31. The van der Waals surface area contributed by atoms with Gasteiger partial charge in [0.15, 0.2) is 0 Å². The Balaban J connectivity index is 2.51. The SMILES string of the molecule is CC(C)(C)S(C)(C)OC1CCC(O)C1. The molecule has 0 aromatic carbocycles. The lowest BCUT2D eigenvalue weighted by atomic mass is 10.3. The van der Waals surface area contributed by atoms with Gasteiger partial charge in [-0.3, -0.25) is 0 Å². The molecule has 86 valence electrons. The minimum absolute atomic E-state index is 0.129. The van der Waals surface area contributed by atoms with E-state index in [4.69, 9.17) is 4.18 Å². The van der Waals surface area contributed by atoms with Crippen molar-refractivity contribution in [2.45, 2.75) is 57.0 Å². The van der Waals surface area contributed by atoms with Crippen LogP contribution >= 0.6 is 10.3 Å². The predicted molar refractivity (Wildman–Crippen MR) is 63.9 cm³/mol. The Morgan fingerprint density at radius 1 is 1.21 bits per heavy atom. The lowest BCUT2D eigenvalue weighted by molar-refractivity contribution is 0.157. The zero-order valence-corrected chi connectivity index (χ0v) is 10.9. The van der Waals surface area contributed by atoms with Gasteiger partial charge in [0.05, 0.1) is 12.2 Å². The highest BCUT2D eigenvalue weighted by Gasteiger charge is 2.34. The first-order chi connectivity index (χ1) is 6.22. The van der Waals surface area contributed by atoms with Gasteiger partial charge in [-0.1, -0.05) is 20.8 Å². The highest BCUT2D eigenvalue weighted by molar-refractivity contribution is 8.29. The van der Waals surface area contributed by atoms with Crippen molar-refractivity contribution in [2.75, 3.05) is 12.5 Å². The molecule has 3 heteroatoms. The van der Waals surface area contributed by atoms with Crippen LogP contribution in [0, 0.1) is 0 Å². The van der Waals surface area contributed by atoms with Crippen LogP contribution in [0.25, 0.3) is 0 Å². The van der Waals surface area contributed by atoms with Gasteiger partial charge in [-0.05, 0) is 25.4 Å². The number of rotatable bonds is 2. The topological polar surface area (TPSA) is 29.5 Å². The third-order valence-electron chi connectivity index (χ3n) is 3.21. The zero-order chi connectivity index (χ0) is 11.0.